The Balaban J connectivity index is 1.60. The number of nitrogens with zero attached hydrogens (tertiary/aromatic N) is 4. The van der Waals surface area contributed by atoms with Crippen LogP contribution in [-0.2, 0) is 4.74 Å². The van der Waals surface area contributed by atoms with Crippen LogP contribution in [0.5, 0.6) is 0 Å². The molecule has 3 aromatic rings. The van der Waals surface area contributed by atoms with Gasteiger partial charge in [-0.3, -0.25) is 0 Å². The van der Waals surface area contributed by atoms with Crippen molar-refractivity contribution >= 4 is 6.09 Å². The third-order valence-electron chi connectivity index (χ3n) is 7.36. The van der Waals surface area contributed by atoms with Gasteiger partial charge in [-0.2, -0.15) is 0 Å². The lowest BCUT2D eigenvalue weighted by Crippen LogP contribution is -2.49. The number of halogens is 2. The first-order valence-electron chi connectivity index (χ1n) is 13.0. The van der Waals surface area contributed by atoms with Crippen LogP contribution in [0, 0.1) is 18.6 Å². The Morgan fingerprint density at radius 3 is 2.41 bits per heavy atom. The Morgan fingerprint density at radius 1 is 1.03 bits per heavy atom. The average molecular weight is 509 g/mol. The summed E-state index contributed by atoms with van der Waals surface area (Å²) in [6, 6.07) is 12.3. The van der Waals surface area contributed by atoms with Gasteiger partial charge >= 0.3 is 6.09 Å². The minimum absolute atomic E-state index is 0.155. The second-order valence-electron chi connectivity index (χ2n) is 11.4. The highest BCUT2D eigenvalue weighted by molar-refractivity contribution is 5.69. The van der Waals surface area contributed by atoms with Gasteiger partial charge in [-0.05, 0) is 83.1 Å². The van der Waals surface area contributed by atoms with E-state index in [1.807, 2.05) is 45.9 Å². The molecular weight excluding hydrogens is 474 g/mol. The van der Waals surface area contributed by atoms with Crippen molar-refractivity contribution < 1.29 is 18.3 Å². The summed E-state index contributed by atoms with van der Waals surface area (Å²) < 4.78 is 36.1. The van der Waals surface area contributed by atoms with E-state index in [9.17, 15) is 13.6 Å². The lowest BCUT2D eigenvalue weighted by molar-refractivity contribution is 0.00694. The summed E-state index contributed by atoms with van der Waals surface area (Å²) in [6.45, 7) is 9.91. The maximum Gasteiger partial charge on any atom is 0.410 e. The third-order valence-corrected chi connectivity index (χ3v) is 7.36. The number of likely N-dealkylation sites (tertiary alicyclic amines) is 1. The number of hydrogen-bond acceptors (Lipinski definition) is 4. The van der Waals surface area contributed by atoms with Crippen LogP contribution in [0.1, 0.15) is 81.8 Å². The Labute approximate surface area is 216 Å². The summed E-state index contributed by atoms with van der Waals surface area (Å²) in [5, 5.41) is 9.33. The Bertz CT molecular complexity index is 1310. The van der Waals surface area contributed by atoms with Gasteiger partial charge in [-0.1, -0.05) is 30.3 Å². The molecule has 1 aliphatic heterocycles. The van der Waals surface area contributed by atoms with Gasteiger partial charge < -0.3 is 14.2 Å². The monoisotopic (exact) mass is 508 g/mol. The Hall–Kier alpha value is -3.29. The SMILES string of the molecule is Cc1ccccc1-c1nnc([C@H]2CN(C(=O)OC(C)(C)C)[C@@H](C)C[C@@H]2c2ccc(F)c(F)c2)n1C1CC1. The van der Waals surface area contributed by atoms with Crippen LogP contribution in [0.25, 0.3) is 11.4 Å². The van der Waals surface area contributed by atoms with Crippen LogP contribution >= 0.6 is 0 Å². The summed E-state index contributed by atoms with van der Waals surface area (Å²) in [7, 11) is 0. The van der Waals surface area contributed by atoms with Crippen LogP contribution in [0.15, 0.2) is 42.5 Å². The highest BCUT2D eigenvalue weighted by Gasteiger charge is 2.43. The number of carbonyl (C=O) groups excluding carboxylic acids is 1. The Morgan fingerprint density at radius 2 is 1.76 bits per heavy atom. The van der Waals surface area contributed by atoms with Gasteiger partial charge in [0.1, 0.15) is 11.4 Å². The van der Waals surface area contributed by atoms with E-state index in [4.69, 9.17) is 9.84 Å². The van der Waals surface area contributed by atoms with Gasteiger partial charge in [0.15, 0.2) is 17.5 Å². The van der Waals surface area contributed by atoms with Crippen molar-refractivity contribution in [2.75, 3.05) is 6.54 Å². The van der Waals surface area contributed by atoms with Crippen LogP contribution < -0.4 is 0 Å². The molecule has 0 N–H and O–H groups in total. The van der Waals surface area contributed by atoms with Crippen LogP contribution in [0.3, 0.4) is 0 Å². The zero-order valence-corrected chi connectivity index (χ0v) is 22.0. The van der Waals surface area contributed by atoms with Crippen molar-refractivity contribution in [3.8, 4) is 11.4 Å². The number of piperidine rings is 1. The molecule has 6 nitrogen and oxygen atoms in total. The van der Waals surface area contributed by atoms with E-state index < -0.39 is 17.2 Å². The van der Waals surface area contributed by atoms with E-state index in [0.717, 1.165) is 35.6 Å². The maximum atomic E-state index is 14.3. The van der Waals surface area contributed by atoms with Crippen LogP contribution in [0.4, 0.5) is 13.6 Å². The zero-order chi connectivity index (χ0) is 26.5. The highest BCUT2D eigenvalue weighted by Crippen LogP contribution is 2.47. The number of rotatable bonds is 4. The molecule has 0 unspecified atom stereocenters. The topological polar surface area (TPSA) is 60.3 Å². The molecular formula is C29H34F2N4O2. The van der Waals surface area contributed by atoms with E-state index >= 15 is 0 Å². The average Bonchev–Trinajstić information content (AvgIpc) is 3.58. The lowest BCUT2D eigenvalue weighted by atomic mass is 9.77. The second kappa shape index (κ2) is 9.54. The van der Waals surface area contributed by atoms with Crippen LogP contribution in [-0.4, -0.2) is 43.9 Å². The second-order valence-corrected chi connectivity index (χ2v) is 11.4. The van der Waals surface area contributed by atoms with Crippen molar-refractivity contribution in [3.05, 3.63) is 71.1 Å². The fourth-order valence-electron chi connectivity index (χ4n) is 5.38. The van der Waals surface area contributed by atoms with Gasteiger partial charge in [0.05, 0.1) is 0 Å². The third kappa shape index (κ3) is 5.11. The first kappa shape index (κ1) is 25.4. The maximum absolute atomic E-state index is 14.3. The molecule has 2 aliphatic rings. The minimum Gasteiger partial charge on any atom is -0.444 e. The van der Waals surface area contributed by atoms with E-state index in [1.54, 1.807) is 11.0 Å². The largest absolute Gasteiger partial charge is 0.444 e. The van der Waals surface area contributed by atoms with E-state index in [2.05, 4.69) is 22.7 Å². The molecule has 2 aromatic carbocycles. The first-order valence-corrected chi connectivity index (χ1v) is 13.0. The molecule has 1 saturated carbocycles. The molecule has 1 amide bonds. The predicted molar refractivity (Wildman–Crippen MR) is 137 cm³/mol. The van der Waals surface area contributed by atoms with Gasteiger partial charge in [-0.25, -0.2) is 13.6 Å². The van der Waals surface area contributed by atoms with E-state index in [1.165, 1.54) is 12.1 Å². The molecule has 196 valence electrons. The van der Waals surface area contributed by atoms with Gasteiger partial charge in [0, 0.05) is 30.1 Å². The number of aromatic nitrogens is 3. The standard InChI is InChI=1S/C29H34F2N4O2/c1-17-8-6-7-9-21(17)26-32-33-27(35(26)20-11-12-20)23-16-34(28(36)37-29(3,4)5)18(2)14-22(23)19-10-13-24(30)25(31)15-19/h6-10,13,15,18,20,22-23H,11-12,14,16H2,1-5H3/t18-,22+,23-/m0/s1. The fourth-order valence-corrected chi connectivity index (χ4v) is 5.38. The molecule has 8 heteroatoms. The summed E-state index contributed by atoms with van der Waals surface area (Å²) in [6.07, 6.45) is 2.23. The molecule has 5 rings (SSSR count). The van der Waals surface area contributed by atoms with E-state index in [-0.39, 0.29) is 30.0 Å². The number of benzene rings is 2. The van der Waals surface area contributed by atoms with Crippen molar-refractivity contribution in [1.29, 1.82) is 0 Å². The zero-order valence-electron chi connectivity index (χ0n) is 22.0. The number of carbonyl (C=O) groups is 1. The minimum atomic E-state index is -0.873. The Kier molecular flexibility index (Phi) is 6.54. The molecule has 0 radical (unpaired) electrons. The molecule has 1 aliphatic carbocycles. The molecule has 0 spiro atoms. The first-order chi connectivity index (χ1) is 17.5. The number of amides is 1. The molecule has 37 heavy (non-hydrogen) atoms. The normalized spacial score (nSPS) is 22.2. The summed E-state index contributed by atoms with van der Waals surface area (Å²) in [5.74, 6) is -0.599. The molecule has 1 aromatic heterocycles. The molecule has 0 bridgehead atoms. The van der Waals surface area contributed by atoms with Crippen molar-refractivity contribution in [3.63, 3.8) is 0 Å². The number of ether oxygens (including phenoxy) is 1. The lowest BCUT2D eigenvalue weighted by Gasteiger charge is -2.43. The summed E-state index contributed by atoms with van der Waals surface area (Å²) >= 11 is 0. The smallest absolute Gasteiger partial charge is 0.410 e. The molecule has 1 saturated heterocycles. The number of hydrogen-bond donors (Lipinski definition) is 0. The molecule has 3 atom stereocenters. The van der Waals surface area contributed by atoms with Gasteiger partial charge in [0.25, 0.3) is 0 Å². The van der Waals surface area contributed by atoms with Gasteiger partial charge in [-0.15, -0.1) is 10.2 Å². The quantitative estimate of drug-likeness (QED) is 0.391. The fraction of sp³-hybridized carbons (Fsp3) is 0.483. The van der Waals surface area contributed by atoms with Crippen molar-refractivity contribution in [2.24, 2.45) is 0 Å². The highest BCUT2D eigenvalue weighted by atomic mass is 19.2. The van der Waals surface area contributed by atoms with E-state index in [0.29, 0.717) is 18.5 Å². The van der Waals surface area contributed by atoms with Crippen molar-refractivity contribution in [2.45, 2.75) is 83.4 Å². The summed E-state index contributed by atoms with van der Waals surface area (Å²) in [4.78, 5) is 14.9. The summed E-state index contributed by atoms with van der Waals surface area (Å²) in [5.41, 5.74) is 2.19. The van der Waals surface area contributed by atoms with Crippen molar-refractivity contribution in [1.82, 2.24) is 19.7 Å². The molecule has 2 heterocycles. The van der Waals surface area contributed by atoms with Gasteiger partial charge in [0.2, 0.25) is 0 Å². The van der Waals surface area contributed by atoms with Crippen LogP contribution in [0.2, 0.25) is 0 Å². The molecule has 2 fully saturated rings. The predicted octanol–water partition coefficient (Wildman–Crippen LogP) is 6.76. The number of aryl methyl sites for hydroxylation is 1.